The first kappa shape index (κ1) is 13.9. The van der Waals surface area contributed by atoms with Crippen molar-refractivity contribution in [1.82, 2.24) is 0 Å². The van der Waals surface area contributed by atoms with Crippen molar-refractivity contribution in [3.05, 3.63) is 29.6 Å². The quantitative estimate of drug-likeness (QED) is 0.805. The van der Waals surface area contributed by atoms with Crippen molar-refractivity contribution in [2.24, 2.45) is 5.73 Å². The number of halogens is 2. The van der Waals surface area contributed by atoms with Crippen molar-refractivity contribution in [2.75, 3.05) is 6.61 Å². The second-order valence-electron chi connectivity index (χ2n) is 3.16. The zero-order valence-electron chi connectivity index (χ0n) is 9.48. The molecule has 0 saturated heterocycles. The molecule has 2 N–H and O–H groups in total. The summed E-state index contributed by atoms with van der Waals surface area (Å²) < 4.78 is 35.4. The minimum atomic E-state index is -2.45. The Kier molecular flexibility index (Phi) is 4.59. The van der Waals surface area contributed by atoms with Crippen molar-refractivity contribution in [3.8, 4) is 5.75 Å². The van der Waals surface area contributed by atoms with Crippen molar-refractivity contribution in [2.45, 2.75) is 13.3 Å². The van der Waals surface area contributed by atoms with Crippen LogP contribution >= 0.6 is 0 Å². The molecule has 1 unspecified atom stereocenters. The maximum atomic E-state index is 13.3. The first-order valence-electron chi connectivity index (χ1n) is 5.03. The van der Waals surface area contributed by atoms with Crippen LogP contribution in [0.25, 0.3) is 0 Å². The average molecular weight is 259 g/mol. The largest absolute Gasteiger partial charge is 0.461 e. The molecule has 0 radical (unpaired) electrons. The number of rotatable bonds is 5. The van der Waals surface area contributed by atoms with Gasteiger partial charge >= 0.3 is 12.3 Å². The molecule has 1 rings (SSSR count). The predicted molar refractivity (Wildman–Crippen MR) is 57.1 cm³/mol. The van der Waals surface area contributed by atoms with Gasteiger partial charge in [0.15, 0.2) is 0 Å². The molecule has 7 heteroatoms. The van der Waals surface area contributed by atoms with E-state index in [1.807, 2.05) is 0 Å². The summed E-state index contributed by atoms with van der Waals surface area (Å²) in [6, 6.07) is 3.27. The molecule has 1 atom stereocenters. The van der Waals surface area contributed by atoms with E-state index in [0.29, 0.717) is 0 Å². The summed E-state index contributed by atoms with van der Waals surface area (Å²) in [4.78, 5) is 22.0. The zero-order chi connectivity index (χ0) is 13.7. The Morgan fingerprint density at radius 1 is 1.44 bits per heavy atom. The summed E-state index contributed by atoms with van der Waals surface area (Å²) in [6.07, 6.45) is -2.45. The summed E-state index contributed by atoms with van der Waals surface area (Å²) in [6.45, 7) is 1.45. The molecule has 1 amide bonds. The molecule has 0 bridgehead atoms. The molecule has 5 nitrogen and oxygen atoms in total. The number of amides is 1. The fourth-order valence-corrected chi connectivity index (χ4v) is 1.21. The summed E-state index contributed by atoms with van der Waals surface area (Å²) in [5.41, 5.74) is 4.31. The topological polar surface area (TPSA) is 78.6 Å². The fourth-order valence-electron chi connectivity index (χ4n) is 1.21. The molecule has 1 aromatic rings. The van der Waals surface area contributed by atoms with Crippen LogP contribution in [-0.4, -0.2) is 24.8 Å². The first-order valence-corrected chi connectivity index (χ1v) is 5.03. The summed E-state index contributed by atoms with van der Waals surface area (Å²) in [5, 5.41) is 0. The Hall–Kier alpha value is -2.18. The molecule has 0 aromatic heterocycles. The van der Waals surface area contributed by atoms with E-state index < -0.39 is 35.4 Å². The van der Waals surface area contributed by atoms with Crippen LogP contribution < -0.4 is 10.5 Å². The number of benzene rings is 1. The lowest BCUT2D eigenvalue weighted by Crippen LogP contribution is -2.26. The molecule has 98 valence electrons. The van der Waals surface area contributed by atoms with Gasteiger partial charge in [0.1, 0.15) is 17.1 Å². The molecule has 0 saturated carbocycles. The number of alkyl halides is 1. The van der Waals surface area contributed by atoms with Crippen LogP contribution in [0.4, 0.5) is 8.78 Å². The SMILES string of the molecule is CCOC(=O)C(F)Oc1cccc(F)c1C(N)=O. The van der Waals surface area contributed by atoms with Gasteiger partial charge in [0, 0.05) is 0 Å². The molecular weight excluding hydrogens is 248 g/mol. The standard InChI is InChI=1S/C11H11F2NO4/c1-2-17-11(16)9(13)18-7-5-3-4-6(12)8(7)10(14)15/h3-5,9H,2H2,1H3,(H2,14,15). The Morgan fingerprint density at radius 3 is 2.67 bits per heavy atom. The van der Waals surface area contributed by atoms with Gasteiger partial charge in [0.05, 0.1) is 6.61 Å². The van der Waals surface area contributed by atoms with E-state index in [4.69, 9.17) is 5.73 Å². The number of carbonyl (C=O) groups excluding carboxylic acids is 2. The zero-order valence-corrected chi connectivity index (χ0v) is 9.48. The Bertz CT molecular complexity index is 464. The van der Waals surface area contributed by atoms with E-state index in [1.165, 1.54) is 13.0 Å². The highest BCUT2D eigenvalue weighted by molar-refractivity contribution is 5.96. The van der Waals surface area contributed by atoms with Crippen molar-refractivity contribution >= 4 is 11.9 Å². The number of nitrogens with two attached hydrogens (primary N) is 1. The van der Waals surface area contributed by atoms with Crippen LogP contribution in [0.5, 0.6) is 5.75 Å². The lowest BCUT2D eigenvalue weighted by Gasteiger charge is -2.12. The minimum Gasteiger partial charge on any atom is -0.461 e. The van der Waals surface area contributed by atoms with Gasteiger partial charge in [-0.25, -0.2) is 9.18 Å². The van der Waals surface area contributed by atoms with E-state index in [9.17, 15) is 18.4 Å². The van der Waals surface area contributed by atoms with Gasteiger partial charge in [-0.1, -0.05) is 6.07 Å². The average Bonchev–Trinajstić information content (AvgIpc) is 2.28. The van der Waals surface area contributed by atoms with E-state index >= 15 is 0 Å². The summed E-state index contributed by atoms with van der Waals surface area (Å²) in [7, 11) is 0. The maximum absolute atomic E-state index is 13.3. The van der Waals surface area contributed by atoms with E-state index in [0.717, 1.165) is 12.1 Å². The van der Waals surface area contributed by atoms with Gasteiger partial charge in [0.2, 0.25) is 0 Å². The third-order valence-corrected chi connectivity index (χ3v) is 1.92. The highest BCUT2D eigenvalue weighted by Crippen LogP contribution is 2.22. The Balaban J connectivity index is 2.94. The van der Waals surface area contributed by atoms with Gasteiger partial charge < -0.3 is 15.2 Å². The molecule has 18 heavy (non-hydrogen) atoms. The molecule has 0 aliphatic carbocycles. The van der Waals surface area contributed by atoms with Gasteiger partial charge in [-0.3, -0.25) is 4.79 Å². The number of hydrogen-bond acceptors (Lipinski definition) is 4. The molecule has 0 aliphatic rings. The Morgan fingerprint density at radius 2 is 2.11 bits per heavy atom. The van der Waals surface area contributed by atoms with Crippen molar-refractivity contribution < 1.29 is 27.8 Å². The number of ether oxygens (including phenoxy) is 2. The van der Waals surface area contributed by atoms with E-state index in [2.05, 4.69) is 9.47 Å². The number of carbonyl (C=O) groups is 2. The van der Waals surface area contributed by atoms with Crippen LogP contribution in [-0.2, 0) is 9.53 Å². The maximum Gasteiger partial charge on any atom is 0.381 e. The van der Waals surface area contributed by atoms with E-state index in [1.54, 1.807) is 0 Å². The number of primary amides is 1. The molecular formula is C11H11F2NO4. The van der Waals surface area contributed by atoms with Crippen LogP contribution in [0, 0.1) is 5.82 Å². The molecule has 0 fully saturated rings. The smallest absolute Gasteiger partial charge is 0.381 e. The van der Waals surface area contributed by atoms with Crippen LogP contribution in [0.15, 0.2) is 18.2 Å². The van der Waals surface area contributed by atoms with Crippen molar-refractivity contribution in [1.29, 1.82) is 0 Å². The second kappa shape index (κ2) is 5.95. The lowest BCUT2D eigenvalue weighted by atomic mass is 10.2. The molecule has 0 aliphatic heterocycles. The molecule has 0 spiro atoms. The third-order valence-electron chi connectivity index (χ3n) is 1.92. The number of hydrogen-bond donors (Lipinski definition) is 1. The number of esters is 1. The minimum absolute atomic E-state index is 0.0333. The van der Waals surface area contributed by atoms with Gasteiger partial charge in [-0.05, 0) is 19.1 Å². The first-order chi connectivity index (χ1) is 8.47. The summed E-state index contributed by atoms with van der Waals surface area (Å²) in [5.74, 6) is -3.81. The van der Waals surface area contributed by atoms with Crippen molar-refractivity contribution in [3.63, 3.8) is 0 Å². The summed E-state index contributed by atoms with van der Waals surface area (Å²) >= 11 is 0. The van der Waals surface area contributed by atoms with Gasteiger partial charge in [-0.15, -0.1) is 0 Å². The highest BCUT2D eigenvalue weighted by Gasteiger charge is 2.24. The predicted octanol–water partition coefficient (Wildman–Crippen LogP) is 1.16. The second-order valence-corrected chi connectivity index (χ2v) is 3.16. The van der Waals surface area contributed by atoms with Gasteiger partial charge in [-0.2, -0.15) is 4.39 Å². The Labute approximate surface area is 101 Å². The molecule has 1 aromatic carbocycles. The third kappa shape index (κ3) is 3.16. The fraction of sp³-hybridized carbons (Fsp3) is 0.273. The van der Waals surface area contributed by atoms with Crippen LogP contribution in [0.3, 0.4) is 0 Å². The highest BCUT2D eigenvalue weighted by atomic mass is 19.1. The normalized spacial score (nSPS) is 11.7. The van der Waals surface area contributed by atoms with Crippen LogP contribution in [0.1, 0.15) is 17.3 Å². The lowest BCUT2D eigenvalue weighted by molar-refractivity contribution is -0.159. The molecule has 0 heterocycles. The van der Waals surface area contributed by atoms with Gasteiger partial charge in [0.25, 0.3) is 5.91 Å². The van der Waals surface area contributed by atoms with E-state index in [-0.39, 0.29) is 6.61 Å². The van der Waals surface area contributed by atoms with Crippen LogP contribution in [0.2, 0.25) is 0 Å². The monoisotopic (exact) mass is 259 g/mol.